The van der Waals surface area contributed by atoms with Crippen LogP contribution in [0.4, 0.5) is 22.7 Å². The molecule has 0 aliphatic carbocycles. The third-order valence-corrected chi connectivity index (χ3v) is 9.22. The third kappa shape index (κ3) is 4.40. The Hall–Kier alpha value is -5.03. The lowest BCUT2D eigenvalue weighted by atomic mass is 9.87. The van der Waals surface area contributed by atoms with Gasteiger partial charge in [0, 0.05) is 17.1 Å². The summed E-state index contributed by atoms with van der Waals surface area (Å²) in [6, 6.07) is 41.8. The lowest BCUT2D eigenvalue weighted by Crippen LogP contribution is -2.24. The van der Waals surface area contributed by atoms with Gasteiger partial charge in [0.1, 0.15) is 6.67 Å². The van der Waals surface area contributed by atoms with Crippen molar-refractivity contribution < 1.29 is 0 Å². The van der Waals surface area contributed by atoms with Gasteiger partial charge < -0.3 is 9.80 Å². The second kappa shape index (κ2) is 9.73. The van der Waals surface area contributed by atoms with Crippen LogP contribution in [0.5, 0.6) is 0 Å². The van der Waals surface area contributed by atoms with E-state index in [0.29, 0.717) is 0 Å². The molecule has 0 atom stereocenters. The number of aromatic nitrogens is 3. The maximum Gasteiger partial charge on any atom is 0.220 e. The number of hydrogen-bond acceptors (Lipinski definition) is 3. The Kier molecular flexibility index (Phi) is 5.95. The molecule has 2 aromatic heterocycles. The molecular formula is C40H39N5. The Bertz CT molecular complexity index is 2220. The number of imidazole rings is 2. The van der Waals surface area contributed by atoms with Crippen molar-refractivity contribution in [3.8, 4) is 5.69 Å². The molecule has 3 heterocycles. The molecule has 5 aromatic carbocycles. The predicted octanol–water partition coefficient (Wildman–Crippen LogP) is 10.3. The minimum absolute atomic E-state index is 0.0557. The Labute approximate surface area is 265 Å². The van der Waals surface area contributed by atoms with Gasteiger partial charge in [-0.05, 0) is 82.6 Å². The Morgan fingerprint density at radius 2 is 1.04 bits per heavy atom. The molecule has 0 bridgehead atoms. The van der Waals surface area contributed by atoms with Crippen LogP contribution in [0.25, 0.3) is 33.5 Å². The summed E-state index contributed by atoms with van der Waals surface area (Å²) in [7, 11) is 0. The quantitative estimate of drug-likeness (QED) is 0.205. The molecule has 0 amide bonds. The normalized spacial score (nSPS) is 13.8. The van der Waals surface area contributed by atoms with Crippen LogP contribution in [0.2, 0.25) is 0 Å². The van der Waals surface area contributed by atoms with Crippen molar-refractivity contribution in [3.63, 3.8) is 0 Å². The summed E-state index contributed by atoms with van der Waals surface area (Å²) in [6.07, 6.45) is 0. The molecule has 1 aliphatic heterocycles. The molecule has 0 radical (unpaired) electrons. The van der Waals surface area contributed by atoms with Crippen LogP contribution in [0.3, 0.4) is 0 Å². The Balaban J connectivity index is 1.39. The monoisotopic (exact) mass is 589 g/mol. The predicted molar refractivity (Wildman–Crippen MR) is 189 cm³/mol. The molecule has 1 aliphatic rings. The lowest BCUT2D eigenvalue weighted by molar-refractivity contribution is 0.590. The van der Waals surface area contributed by atoms with Gasteiger partial charge in [-0.15, -0.1) is 0 Å². The average molecular weight is 590 g/mol. The fourth-order valence-corrected chi connectivity index (χ4v) is 6.71. The maximum absolute atomic E-state index is 5.32. The van der Waals surface area contributed by atoms with Crippen LogP contribution >= 0.6 is 0 Å². The molecule has 8 rings (SSSR count). The van der Waals surface area contributed by atoms with Crippen LogP contribution in [0.1, 0.15) is 52.7 Å². The van der Waals surface area contributed by atoms with E-state index in [2.05, 4.69) is 176 Å². The van der Waals surface area contributed by atoms with E-state index in [0.717, 1.165) is 40.2 Å². The van der Waals surface area contributed by atoms with E-state index in [1.807, 2.05) is 0 Å². The van der Waals surface area contributed by atoms with Crippen molar-refractivity contribution in [2.24, 2.45) is 0 Å². The first-order valence-corrected chi connectivity index (χ1v) is 15.9. The highest BCUT2D eigenvalue weighted by atomic mass is 15.4. The van der Waals surface area contributed by atoms with Gasteiger partial charge in [-0.3, -0.25) is 8.97 Å². The van der Waals surface area contributed by atoms with Crippen LogP contribution in [0, 0.1) is 0 Å². The number of fused-ring (bicyclic) bond motifs is 6. The second-order valence-corrected chi connectivity index (χ2v) is 14.3. The fourth-order valence-electron chi connectivity index (χ4n) is 6.71. The summed E-state index contributed by atoms with van der Waals surface area (Å²) in [5, 5.41) is 0. The SMILES string of the molecule is CC(C)(C)c1cccc(N2CN(c3cccc(C(C)(C)C)c3)c3cc4c(cc32)nc2n(-c3ccccc3)c3ccccc3n42)c1. The molecule has 0 fully saturated rings. The second-order valence-electron chi connectivity index (χ2n) is 14.3. The minimum atomic E-state index is 0.0557. The topological polar surface area (TPSA) is 28.7 Å². The van der Waals surface area contributed by atoms with E-state index in [9.17, 15) is 0 Å². The summed E-state index contributed by atoms with van der Waals surface area (Å²) in [4.78, 5) is 10.2. The molecule has 0 spiro atoms. The van der Waals surface area contributed by atoms with E-state index >= 15 is 0 Å². The summed E-state index contributed by atoms with van der Waals surface area (Å²) in [5.74, 6) is 0.920. The zero-order chi connectivity index (χ0) is 31.1. The Morgan fingerprint density at radius 1 is 0.511 bits per heavy atom. The average Bonchev–Trinajstić information content (AvgIpc) is 3.68. The number of benzene rings is 5. The van der Waals surface area contributed by atoms with Crippen molar-refractivity contribution in [2.45, 2.75) is 52.4 Å². The van der Waals surface area contributed by atoms with Gasteiger partial charge in [0.2, 0.25) is 5.78 Å². The van der Waals surface area contributed by atoms with Crippen LogP contribution in [-0.2, 0) is 10.8 Å². The van der Waals surface area contributed by atoms with Gasteiger partial charge in [-0.2, -0.15) is 0 Å². The van der Waals surface area contributed by atoms with Crippen LogP contribution < -0.4 is 9.80 Å². The number of para-hydroxylation sites is 3. The summed E-state index contributed by atoms with van der Waals surface area (Å²) < 4.78 is 4.60. The molecule has 7 aromatic rings. The van der Waals surface area contributed by atoms with Gasteiger partial charge in [-0.25, -0.2) is 4.98 Å². The van der Waals surface area contributed by atoms with Crippen molar-refractivity contribution >= 4 is 50.6 Å². The number of rotatable bonds is 3. The fraction of sp³-hybridized carbons (Fsp3) is 0.225. The first kappa shape index (κ1) is 27.5. The third-order valence-electron chi connectivity index (χ3n) is 9.22. The highest BCUT2D eigenvalue weighted by Crippen LogP contribution is 2.47. The van der Waals surface area contributed by atoms with E-state index in [1.54, 1.807) is 0 Å². The van der Waals surface area contributed by atoms with Crippen molar-refractivity contribution in [1.29, 1.82) is 0 Å². The molecule has 224 valence electrons. The zero-order valence-corrected chi connectivity index (χ0v) is 26.9. The van der Waals surface area contributed by atoms with Gasteiger partial charge in [0.25, 0.3) is 0 Å². The van der Waals surface area contributed by atoms with Crippen LogP contribution in [0.15, 0.2) is 115 Å². The van der Waals surface area contributed by atoms with Crippen LogP contribution in [-0.4, -0.2) is 20.6 Å². The van der Waals surface area contributed by atoms with E-state index < -0.39 is 0 Å². The van der Waals surface area contributed by atoms with Crippen molar-refractivity contribution in [1.82, 2.24) is 14.0 Å². The smallest absolute Gasteiger partial charge is 0.220 e. The molecular weight excluding hydrogens is 550 g/mol. The van der Waals surface area contributed by atoms with Crippen molar-refractivity contribution in [3.05, 3.63) is 126 Å². The Morgan fingerprint density at radius 3 is 1.64 bits per heavy atom. The molecule has 0 N–H and O–H groups in total. The first-order valence-electron chi connectivity index (χ1n) is 15.9. The maximum atomic E-state index is 5.32. The molecule has 0 saturated heterocycles. The number of hydrogen-bond donors (Lipinski definition) is 0. The molecule has 5 nitrogen and oxygen atoms in total. The van der Waals surface area contributed by atoms with E-state index in [4.69, 9.17) is 4.98 Å². The largest absolute Gasteiger partial charge is 0.321 e. The highest BCUT2D eigenvalue weighted by Gasteiger charge is 2.31. The van der Waals surface area contributed by atoms with Gasteiger partial charge in [0.15, 0.2) is 0 Å². The molecule has 0 unspecified atom stereocenters. The van der Waals surface area contributed by atoms with Gasteiger partial charge >= 0.3 is 0 Å². The van der Waals surface area contributed by atoms with Gasteiger partial charge in [-0.1, -0.05) is 96.1 Å². The minimum Gasteiger partial charge on any atom is -0.321 e. The van der Waals surface area contributed by atoms with E-state index in [-0.39, 0.29) is 10.8 Å². The summed E-state index contributed by atoms with van der Waals surface area (Å²) >= 11 is 0. The van der Waals surface area contributed by atoms with Gasteiger partial charge in [0.05, 0.1) is 33.4 Å². The summed E-state index contributed by atoms with van der Waals surface area (Å²) in [5.41, 5.74) is 13.0. The summed E-state index contributed by atoms with van der Waals surface area (Å²) in [6.45, 7) is 14.4. The van der Waals surface area contributed by atoms with E-state index in [1.165, 1.54) is 33.9 Å². The highest BCUT2D eigenvalue weighted by molar-refractivity contribution is 6.00. The van der Waals surface area contributed by atoms with Crippen molar-refractivity contribution in [2.75, 3.05) is 16.5 Å². The standard InChI is InChI=1S/C40H39N5/c1-39(2,3)27-14-12-18-30(22-27)42-26-43(31-19-13-15-28(23-31)40(4,5)6)37-25-35-32(24-36(37)42)41-38-44(29-16-8-7-9-17-29)33-20-10-11-21-34(33)45(35)38/h7-25H,26H2,1-6H3. The zero-order valence-electron chi connectivity index (χ0n) is 26.9. The number of nitrogens with zero attached hydrogens (tertiary/aromatic N) is 5. The molecule has 0 saturated carbocycles. The molecule has 45 heavy (non-hydrogen) atoms. The molecule has 5 heteroatoms. The first-order chi connectivity index (χ1) is 21.6. The lowest BCUT2D eigenvalue weighted by Gasteiger charge is -2.26. The number of anilines is 4.